The largest absolute Gasteiger partial charge is 0.399 e. The molecule has 0 fully saturated rings. The monoisotopic (exact) mass is 225 g/mol. The number of nitrogens with two attached hydrogens (primary N) is 1. The Bertz CT molecular complexity index is 686. The van der Waals surface area contributed by atoms with Crippen LogP contribution in [0.4, 0.5) is 5.69 Å². The molecule has 0 amide bonds. The molecule has 2 N–H and O–H groups in total. The van der Waals surface area contributed by atoms with E-state index in [2.05, 4.69) is 15.2 Å². The van der Waals surface area contributed by atoms with Crippen molar-refractivity contribution in [3.63, 3.8) is 0 Å². The minimum atomic E-state index is 0.735. The SMILES string of the molecule is Cc1cc(N)ccc1-c1nnc2cnccn12. The molecule has 0 aliphatic rings. The second-order valence-electron chi connectivity index (χ2n) is 3.90. The number of fused-ring (bicyclic) bond motifs is 1. The fraction of sp³-hybridized carbons (Fsp3) is 0.0833. The fourth-order valence-electron chi connectivity index (χ4n) is 1.87. The van der Waals surface area contributed by atoms with Gasteiger partial charge >= 0.3 is 0 Å². The lowest BCUT2D eigenvalue weighted by molar-refractivity contribution is 1.10. The third kappa shape index (κ3) is 1.52. The van der Waals surface area contributed by atoms with Crippen LogP contribution in [0.3, 0.4) is 0 Å². The second-order valence-corrected chi connectivity index (χ2v) is 3.90. The zero-order chi connectivity index (χ0) is 11.8. The number of benzene rings is 1. The molecule has 0 aliphatic heterocycles. The summed E-state index contributed by atoms with van der Waals surface area (Å²) in [5.41, 5.74) is 9.33. The molecule has 0 saturated heterocycles. The molecule has 5 heteroatoms. The number of nitrogens with zero attached hydrogens (tertiary/aromatic N) is 4. The third-order valence-electron chi connectivity index (χ3n) is 2.71. The van der Waals surface area contributed by atoms with Crippen molar-refractivity contribution in [1.29, 1.82) is 0 Å². The van der Waals surface area contributed by atoms with E-state index in [1.165, 1.54) is 0 Å². The van der Waals surface area contributed by atoms with Gasteiger partial charge in [0.1, 0.15) is 0 Å². The van der Waals surface area contributed by atoms with Gasteiger partial charge in [0, 0.05) is 23.6 Å². The molecule has 2 aromatic heterocycles. The number of aromatic nitrogens is 4. The van der Waals surface area contributed by atoms with Crippen LogP contribution >= 0.6 is 0 Å². The molecule has 5 nitrogen and oxygen atoms in total. The highest BCUT2D eigenvalue weighted by Crippen LogP contribution is 2.23. The highest BCUT2D eigenvalue weighted by Gasteiger charge is 2.09. The summed E-state index contributed by atoms with van der Waals surface area (Å²) < 4.78 is 1.91. The van der Waals surface area contributed by atoms with Crippen LogP contribution < -0.4 is 5.73 Å². The molecular formula is C12H11N5. The molecule has 3 aromatic rings. The maximum absolute atomic E-state index is 5.74. The number of hydrogen-bond acceptors (Lipinski definition) is 4. The van der Waals surface area contributed by atoms with Crippen molar-refractivity contribution in [2.24, 2.45) is 0 Å². The summed E-state index contributed by atoms with van der Waals surface area (Å²) in [7, 11) is 0. The Morgan fingerprint density at radius 3 is 2.94 bits per heavy atom. The quantitative estimate of drug-likeness (QED) is 0.640. The molecule has 0 saturated carbocycles. The van der Waals surface area contributed by atoms with E-state index in [0.717, 1.165) is 28.3 Å². The van der Waals surface area contributed by atoms with Gasteiger partial charge in [0.05, 0.1) is 6.20 Å². The summed E-state index contributed by atoms with van der Waals surface area (Å²) in [6.07, 6.45) is 5.25. The highest BCUT2D eigenvalue weighted by molar-refractivity contribution is 5.65. The summed E-state index contributed by atoms with van der Waals surface area (Å²) in [6.45, 7) is 2.01. The zero-order valence-corrected chi connectivity index (χ0v) is 9.33. The minimum Gasteiger partial charge on any atom is -0.399 e. The number of hydrogen-bond donors (Lipinski definition) is 1. The van der Waals surface area contributed by atoms with Crippen molar-refractivity contribution in [3.05, 3.63) is 42.4 Å². The predicted octanol–water partition coefficient (Wildman–Crippen LogP) is 1.68. The first-order valence-corrected chi connectivity index (χ1v) is 5.27. The van der Waals surface area contributed by atoms with Crippen LogP contribution in [0, 0.1) is 6.92 Å². The Labute approximate surface area is 97.9 Å². The first-order chi connectivity index (χ1) is 8.25. The van der Waals surface area contributed by atoms with Crippen molar-refractivity contribution in [1.82, 2.24) is 19.6 Å². The molecule has 0 aliphatic carbocycles. The molecule has 2 heterocycles. The van der Waals surface area contributed by atoms with E-state index in [1.807, 2.05) is 35.7 Å². The molecule has 0 atom stereocenters. The molecule has 0 radical (unpaired) electrons. The maximum Gasteiger partial charge on any atom is 0.179 e. The van der Waals surface area contributed by atoms with Gasteiger partial charge in [-0.1, -0.05) is 0 Å². The smallest absolute Gasteiger partial charge is 0.179 e. The van der Waals surface area contributed by atoms with Crippen molar-refractivity contribution in [3.8, 4) is 11.4 Å². The number of nitrogen functional groups attached to an aromatic ring is 1. The first-order valence-electron chi connectivity index (χ1n) is 5.27. The number of aryl methyl sites for hydroxylation is 1. The molecule has 3 rings (SSSR count). The van der Waals surface area contributed by atoms with E-state index >= 15 is 0 Å². The molecule has 0 spiro atoms. The van der Waals surface area contributed by atoms with Gasteiger partial charge in [-0.15, -0.1) is 10.2 Å². The van der Waals surface area contributed by atoms with Gasteiger partial charge in [-0.3, -0.25) is 9.38 Å². The predicted molar refractivity (Wildman–Crippen MR) is 65.4 cm³/mol. The van der Waals surface area contributed by atoms with Gasteiger partial charge < -0.3 is 5.73 Å². The maximum atomic E-state index is 5.74. The van der Waals surface area contributed by atoms with Gasteiger partial charge in [-0.05, 0) is 30.7 Å². The van der Waals surface area contributed by atoms with E-state index < -0.39 is 0 Å². The standard InChI is InChI=1S/C12H11N5/c1-8-6-9(13)2-3-10(8)12-16-15-11-7-14-4-5-17(11)12/h2-7H,13H2,1H3. The Morgan fingerprint density at radius 2 is 2.12 bits per heavy atom. The molecular weight excluding hydrogens is 214 g/mol. The van der Waals surface area contributed by atoms with E-state index in [4.69, 9.17) is 5.73 Å². The van der Waals surface area contributed by atoms with Crippen molar-refractivity contribution >= 4 is 11.3 Å². The van der Waals surface area contributed by atoms with E-state index in [9.17, 15) is 0 Å². The summed E-state index contributed by atoms with van der Waals surface area (Å²) in [6, 6.07) is 5.75. The average molecular weight is 225 g/mol. The molecule has 0 unspecified atom stereocenters. The van der Waals surface area contributed by atoms with Crippen LogP contribution in [-0.2, 0) is 0 Å². The van der Waals surface area contributed by atoms with Crippen LogP contribution in [0.5, 0.6) is 0 Å². The summed E-state index contributed by atoms with van der Waals surface area (Å²) >= 11 is 0. The lowest BCUT2D eigenvalue weighted by Gasteiger charge is -2.04. The summed E-state index contributed by atoms with van der Waals surface area (Å²) in [4.78, 5) is 4.01. The minimum absolute atomic E-state index is 0.735. The summed E-state index contributed by atoms with van der Waals surface area (Å²) in [5, 5.41) is 8.27. The Kier molecular flexibility index (Phi) is 2.04. The van der Waals surface area contributed by atoms with Gasteiger partial charge in [0.15, 0.2) is 11.5 Å². The van der Waals surface area contributed by atoms with Gasteiger partial charge in [-0.2, -0.15) is 0 Å². The second kappa shape index (κ2) is 3.55. The van der Waals surface area contributed by atoms with Crippen molar-refractivity contribution < 1.29 is 0 Å². The van der Waals surface area contributed by atoms with Crippen LogP contribution in [0.25, 0.3) is 17.0 Å². The lowest BCUT2D eigenvalue weighted by atomic mass is 10.1. The van der Waals surface area contributed by atoms with Crippen LogP contribution in [0.2, 0.25) is 0 Å². The number of rotatable bonds is 1. The zero-order valence-electron chi connectivity index (χ0n) is 9.33. The third-order valence-corrected chi connectivity index (χ3v) is 2.71. The van der Waals surface area contributed by atoms with Crippen LogP contribution in [-0.4, -0.2) is 19.6 Å². The van der Waals surface area contributed by atoms with E-state index in [1.54, 1.807) is 12.4 Å². The molecule has 17 heavy (non-hydrogen) atoms. The Balaban J connectivity index is 2.27. The first kappa shape index (κ1) is 9.77. The van der Waals surface area contributed by atoms with Gasteiger partial charge in [-0.25, -0.2) is 0 Å². The Hall–Kier alpha value is -2.43. The average Bonchev–Trinajstić information content (AvgIpc) is 2.73. The number of anilines is 1. The Morgan fingerprint density at radius 1 is 1.24 bits per heavy atom. The molecule has 84 valence electrons. The lowest BCUT2D eigenvalue weighted by Crippen LogP contribution is -1.93. The molecule has 0 bridgehead atoms. The van der Waals surface area contributed by atoms with E-state index in [0.29, 0.717) is 0 Å². The normalized spacial score (nSPS) is 10.9. The van der Waals surface area contributed by atoms with E-state index in [-0.39, 0.29) is 0 Å². The van der Waals surface area contributed by atoms with Crippen molar-refractivity contribution in [2.45, 2.75) is 6.92 Å². The summed E-state index contributed by atoms with van der Waals surface area (Å²) in [5.74, 6) is 0.805. The van der Waals surface area contributed by atoms with Gasteiger partial charge in [0.2, 0.25) is 0 Å². The fourth-order valence-corrected chi connectivity index (χ4v) is 1.87. The van der Waals surface area contributed by atoms with Gasteiger partial charge in [0.25, 0.3) is 0 Å². The van der Waals surface area contributed by atoms with Crippen LogP contribution in [0.15, 0.2) is 36.8 Å². The van der Waals surface area contributed by atoms with Crippen molar-refractivity contribution in [2.75, 3.05) is 5.73 Å². The molecule has 1 aromatic carbocycles. The highest BCUT2D eigenvalue weighted by atomic mass is 15.2. The van der Waals surface area contributed by atoms with Crippen LogP contribution in [0.1, 0.15) is 5.56 Å². The topological polar surface area (TPSA) is 69.1 Å².